The third kappa shape index (κ3) is 8.49. The largest absolute Gasteiger partial charge is 0.392 e. The summed E-state index contributed by atoms with van der Waals surface area (Å²) in [5.74, 6) is -8.43. The molecule has 0 saturated heterocycles. The predicted octanol–water partition coefficient (Wildman–Crippen LogP) is 3.95. The molecule has 1 aliphatic heterocycles. The van der Waals surface area contributed by atoms with Crippen LogP contribution in [0.4, 0.5) is 36.4 Å². The van der Waals surface area contributed by atoms with Crippen LogP contribution in [0.5, 0.6) is 0 Å². The number of benzodiazepines with no additional fused rings is 1. The summed E-state index contributed by atoms with van der Waals surface area (Å²) in [6.45, 7) is -0.546. The lowest BCUT2D eigenvalue weighted by atomic mass is 9.83. The first-order chi connectivity index (χ1) is 19.1. The van der Waals surface area contributed by atoms with Crippen molar-refractivity contribution in [3.63, 3.8) is 0 Å². The Hall–Kier alpha value is -4.01. The Balaban J connectivity index is 2.04. The lowest BCUT2D eigenvalue weighted by molar-refractivity contribution is -0.152. The molecule has 2 aromatic carbocycles. The van der Waals surface area contributed by atoms with Crippen LogP contribution in [0.1, 0.15) is 42.4 Å². The van der Waals surface area contributed by atoms with Gasteiger partial charge in [0.25, 0.3) is 5.91 Å². The number of aliphatic hydroxyl groups excluding tert-OH is 1. The van der Waals surface area contributed by atoms with Crippen LogP contribution in [-0.2, 0) is 21.0 Å². The van der Waals surface area contributed by atoms with Gasteiger partial charge in [0, 0.05) is 41.4 Å². The molecule has 1 heterocycles. The van der Waals surface area contributed by atoms with E-state index < -0.39 is 86.2 Å². The Morgan fingerprint density at radius 2 is 1.61 bits per heavy atom. The monoisotopic (exact) mass is 590 g/mol. The van der Waals surface area contributed by atoms with Crippen LogP contribution in [0.15, 0.2) is 47.5 Å². The molecule has 0 bridgehead atoms. The Bertz CT molecular complexity index is 1330. The number of aliphatic imine (C=N–C) groups is 1. The summed E-state index contributed by atoms with van der Waals surface area (Å²) in [4.78, 5) is 42.6. The fourth-order valence-corrected chi connectivity index (χ4v) is 4.43. The summed E-state index contributed by atoms with van der Waals surface area (Å²) >= 11 is 0. The molecular formula is C26H25F7N4O4. The third-order valence-corrected chi connectivity index (χ3v) is 6.37. The van der Waals surface area contributed by atoms with Gasteiger partial charge in [0.15, 0.2) is 0 Å². The number of rotatable bonds is 10. The van der Waals surface area contributed by atoms with Crippen molar-refractivity contribution in [2.24, 2.45) is 22.6 Å². The number of hydrogen-bond acceptors (Lipinski definition) is 5. The molecule has 5 N–H and O–H groups in total. The fraction of sp³-hybridized carbons (Fsp3) is 0.385. The average molecular weight is 590 g/mol. The molecular weight excluding hydrogens is 565 g/mol. The van der Waals surface area contributed by atoms with E-state index in [0.717, 1.165) is 12.1 Å². The summed E-state index contributed by atoms with van der Waals surface area (Å²) in [6.07, 6.45) is -16.9. The molecule has 0 aromatic heterocycles. The van der Waals surface area contributed by atoms with E-state index in [2.05, 4.69) is 15.6 Å². The zero-order valence-electron chi connectivity index (χ0n) is 21.2. The van der Waals surface area contributed by atoms with E-state index in [1.165, 1.54) is 30.3 Å². The van der Waals surface area contributed by atoms with E-state index in [-0.39, 0.29) is 28.1 Å². The molecule has 15 heteroatoms. The Morgan fingerprint density at radius 1 is 1.00 bits per heavy atom. The number of nitrogens with two attached hydrogens (primary N) is 1. The maximum Gasteiger partial charge on any atom is 0.389 e. The van der Waals surface area contributed by atoms with Gasteiger partial charge in [-0.05, 0) is 25.0 Å². The third-order valence-electron chi connectivity index (χ3n) is 6.37. The molecule has 0 saturated carbocycles. The fourth-order valence-electron chi connectivity index (χ4n) is 4.43. The molecule has 222 valence electrons. The maximum absolute atomic E-state index is 14.1. The minimum Gasteiger partial charge on any atom is -0.392 e. The van der Waals surface area contributed by atoms with Crippen molar-refractivity contribution in [2.45, 2.75) is 50.8 Å². The summed E-state index contributed by atoms with van der Waals surface area (Å²) in [7, 11) is 0. The van der Waals surface area contributed by atoms with Crippen LogP contribution < -0.4 is 16.4 Å². The molecule has 0 unspecified atom stereocenters. The molecule has 8 nitrogen and oxygen atoms in total. The van der Waals surface area contributed by atoms with Gasteiger partial charge >= 0.3 is 12.4 Å². The lowest BCUT2D eigenvalue weighted by Crippen LogP contribution is -2.48. The molecule has 41 heavy (non-hydrogen) atoms. The summed E-state index contributed by atoms with van der Waals surface area (Å²) < 4.78 is 91.7. The second-order valence-electron chi connectivity index (χ2n) is 9.31. The van der Waals surface area contributed by atoms with Gasteiger partial charge in [-0.15, -0.1) is 0 Å². The van der Waals surface area contributed by atoms with Crippen molar-refractivity contribution in [3.05, 3.63) is 65.0 Å². The van der Waals surface area contributed by atoms with Crippen LogP contribution in [0.2, 0.25) is 0 Å². The number of carbonyl (C=O) groups excluding carboxylic acids is 3. The SMILES string of the molecule is NC(=O)[C@@H](CCC(F)(F)F)[C@@H](CCC(F)(F)F)C(=O)N[C@H]1N=C(c2cccc(F)c2)c2cccc(CO)c2NC1=O. The number of halogens is 7. The maximum atomic E-state index is 14.1. The molecule has 1 aliphatic rings. The van der Waals surface area contributed by atoms with E-state index in [9.17, 15) is 50.2 Å². The van der Waals surface area contributed by atoms with Gasteiger partial charge in [-0.1, -0.05) is 30.3 Å². The van der Waals surface area contributed by atoms with Gasteiger partial charge in [-0.2, -0.15) is 26.3 Å². The summed E-state index contributed by atoms with van der Waals surface area (Å²) in [5, 5.41) is 14.3. The van der Waals surface area contributed by atoms with Crippen LogP contribution >= 0.6 is 0 Å². The molecule has 0 radical (unpaired) electrons. The minimum absolute atomic E-state index is 0.0474. The first-order valence-electron chi connectivity index (χ1n) is 12.2. The van der Waals surface area contributed by atoms with Crippen molar-refractivity contribution >= 4 is 29.1 Å². The highest BCUT2D eigenvalue weighted by molar-refractivity contribution is 6.20. The zero-order chi connectivity index (χ0) is 30.5. The number of para-hydroxylation sites is 1. The second-order valence-corrected chi connectivity index (χ2v) is 9.31. The molecule has 3 atom stereocenters. The van der Waals surface area contributed by atoms with Crippen LogP contribution in [-0.4, -0.2) is 47.1 Å². The van der Waals surface area contributed by atoms with E-state index in [4.69, 9.17) is 5.73 Å². The van der Waals surface area contributed by atoms with Crippen molar-refractivity contribution in [2.75, 3.05) is 5.32 Å². The molecule has 3 rings (SSSR count). The quantitative estimate of drug-likeness (QED) is 0.312. The number of anilines is 1. The van der Waals surface area contributed by atoms with Gasteiger partial charge in [-0.25, -0.2) is 9.38 Å². The summed E-state index contributed by atoms with van der Waals surface area (Å²) in [6, 6.07) is 9.41. The highest BCUT2D eigenvalue weighted by Gasteiger charge is 2.40. The van der Waals surface area contributed by atoms with Crippen LogP contribution in [0.3, 0.4) is 0 Å². The molecule has 0 spiro atoms. The number of alkyl halides is 6. The number of nitrogens with zero attached hydrogens (tertiary/aromatic N) is 1. The lowest BCUT2D eigenvalue weighted by Gasteiger charge is -2.26. The van der Waals surface area contributed by atoms with Gasteiger partial charge in [0.2, 0.25) is 18.0 Å². The van der Waals surface area contributed by atoms with Gasteiger partial charge in [-0.3, -0.25) is 14.4 Å². The molecule has 2 aromatic rings. The Morgan fingerprint density at radius 3 is 2.17 bits per heavy atom. The number of aliphatic hydroxyl groups is 1. The highest BCUT2D eigenvalue weighted by atomic mass is 19.4. The number of amides is 3. The number of hydrogen-bond donors (Lipinski definition) is 4. The minimum atomic E-state index is -4.82. The number of primary amides is 1. The first-order valence-corrected chi connectivity index (χ1v) is 12.2. The van der Waals surface area contributed by atoms with Gasteiger partial charge < -0.3 is 21.5 Å². The van der Waals surface area contributed by atoms with Gasteiger partial charge in [0.1, 0.15) is 5.82 Å². The van der Waals surface area contributed by atoms with E-state index in [1.807, 2.05) is 0 Å². The number of fused-ring (bicyclic) bond motifs is 1. The molecule has 0 fully saturated rings. The first kappa shape index (κ1) is 31.5. The number of nitrogens with one attached hydrogen (secondary N) is 2. The van der Waals surface area contributed by atoms with Crippen molar-refractivity contribution in [1.82, 2.24) is 5.32 Å². The predicted molar refractivity (Wildman–Crippen MR) is 132 cm³/mol. The topological polar surface area (TPSA) is 134 Å². The number of benzene rings is 2. The highest BCUT2D eigenvalue weighted by Crippen LogP contribution is 2.33. The smallest absolute Gasteiger partial charge is 0.389 e. The Labute approximate surface area is 228 Å². The van der Waals surface area contributed by atoms with E-state index >= 15 is 0 Å². The van der Waals surface area contributed by atoms with Crippen LogP contribution in [0, 0.1) is 17.7 Å². The number of carbonyl (C=O) groups is 3. The van der Waals surface area contributed by atoms with Crippen LogP contribution in [0.25, 0.3) is 0 Å². The molecule has 3 amide bonds. The normalized spacial score (nSPS) is 17.0. The average Bonchev–Trinajstić information content (AvgIpc) is 3.00. The zero-order valence-corrected chi connectivity index (χ0v) is 21.2. The molecule has 0 aliphatic carbocycles. The van der Waals surface area contributed by atoms with Gasteiger partial charge in [0.05, 0.1) is 18.0 Å². The summed E-state index contributed by atoms with van der Waals surface area (Å²) in [5.41, 5.74) is 5.77. The van der Waals surface area contributed by atoms with Crippen molar-refractivity contribution in [1.29, 1.82) is 0 Å². The van der Waals surface area contributed by atoms with E-state index in [1.54, 1.807) is 0 Å². The van der Waals surface area contributed by atoms with Crippen molar-refractivity contribution < 1.29 is 50.2 Å². The Kier molecular flexibility index (Phi) is 9.73. The van der Waals surface area contributed by atoms with Crippen molar-refractivity contribution in [3.8, 4) is 0 Å². The second kappa shape index (κ2) is 12.7. The van der Waals surface area contributed by atoms with E-state index in [0.29, 0.717) is 0 Å². The standard InChI is InChI=1S/C26H25F7N4O4/c27-15-5-1-3-13(11-15)19-18-6-2-4-14(12-38)20(18)36-24(41)22(35-19)37-23(40)17(8-10-26(31,32)33)16(21(34)39)7-9-25(28,29)30/h1-6,11,16-17,22,38H,7-10,12H2,(H2,34,39)(H,36,41)(H,37,40)/t16-,17+,22+/m0/s1.